The van der Waals surface area contributed by atoms with Crippen molar-refractivity contribution < 1.29 is 43.2 Å². The molecule has 170 valence electrons. The van der Waals surface area contributed by atoms with Crippen molar-refractivity contribution in [3.05, 3.63) is 0 Å². The van der Waals surface area contributed by atoms with Crippen molar-refractivity contribution in [2.24, 2.45) is 23.7 Å². The van der Waals surface area contributed by atoms with E-state index < -0.39 is 76.8 Å². The van der Waals surface area contributed by atoms with Gasteiger partial charge in [-0.25, -0.2) is 4.39 Å². The molecular weight excluding hydrogens is 399 g/mol. The van der Waals surface area contributed by atoms with E-state index in [1.807, 2.05) is 0 Å². The number of aliphatic hydroxyl groups is 2. The summed E-state index contributed by atoms with van der Waals surface area (Å²) in [5.41, 5.74) is -6.59. The van der Waals surface area contributed by atoms with Crippen molar-refractivity contribution in [1.82, 2.24) is 0 Å². The lowest BCUT2D eigenvalue weighted by atomic mass is 9.71. The minimum absolute atomic E-state index is 0.146. The van der Waals surface area contributed by atoms with Crippen molar-refractivity contribution in [3.63, 3.8) is 0 Å². The molecule has 9 atom stereocenters. The van der Waals surface area contributed by atoms with Gasteiger partial charge in [0, 0.05) is 25.2 Å². The first-order valence-corrected chi connectivity index (χ1v) is 10.4. The molecular formula is C21H31FO8. The Labute approximate surface area is 175 Å². The predicted molar refractivity (Wildman–Crippen MR) is 101 cm³/mol. The fourth-order valence-corrected chi connectivity index (χ4v) is 5.47. The number of alkyl halides is 1. The fourth-order valence-electron chi connectivity index (χ4n) is 5.47. The summed E-state index contributed by atoms with van der Waals surface area (Å²) in [5, 5.41) is 22.5. The topological polar surface area (TPSA) is 119 Å². The van der Waals surface area contributed by atoms with E-state index in [9.17, 15) is 24.6 Å². The van der Waals surface area contributed by atoms with Crippen LogP contribution in [0, 0.1) is 23.7 Å². The molecule has 0 aromatic carbocycles. The van der Waals surface area contributed by atoms with Gasteiger partial charge in [-0.2, -0.15) is 0 Å². The second-order valence-electron chi connectivity index (χ2n) is 9.72. The van der Waals surface area contributed by atoms with E-state index in [0.29, 0.717) is 0 Å². The number of carbonyl (C=O) groups is 3. The smallest absolute Gasteiger partial charge is 0.309 e. The normalized spacial score (nSPS) is 47.9. The molecule has 9 heteroatoms. The van der Waals surface area contributed by atoms with Crippen LogP contribution < -0.4 is 0 Å². The molecule has 0 amide bonds. The Hall–Kier alpha value is -1.74. The van der Waals surface area contributed by atoms with Gasteiger partial charge >= 0.3 is 17.9 Å². The highest BCUT2D eigenvalue weighted by molar-refractivity contribution is 5.76. The maximum Gasteiger partial charge on any atom is 0.309 e. The zero-order chi connectivity index (χ0) is 22.8. The lowest BCUT2D eigenvalue weighted by molar-refractivity contribution is -0.208. The first-order valence-electron chi connectivity index (χ1n) is 10.4. The van der Waals surface area contributed by atoms with Gasteiger partial charge in [0.15, 0.2) is 5.67 Å². The SMILES string of the molecule is CC(=O)O[C@H]1C[C@@H]2[C@](F)([C@H]3OC(=O)[C@@H](C)[C@@H]3[C@H](OC(=O)C(C)C)C[C@@]2(C)O)[C@]1(C)O. The predicted octanol–water partition coefficient (Wildman–Crippen LogP) is 1.30. The molecule has 30 heavy (non-hydrogen) atoms. The second kappa shape index (κ2) is 7.15. The molecule has 0 unspecified atom stereocenters. The van der Waals surface area contributed by atoms with Crippen LogP contribution in [0.5, 0.6) is 0 Å². The van der Waals surface area contributed by atoms with Crippen molar-refractivity contribution in [1.29, 1.82) is 0 Å². The Morgan fingerprint density at radius 2 is 1.83 bits per heavy atom. The van der Waals surface area contributed by atoms with Crippen LogP contribution >= 0.6 is 0 Å². The summed E-state index contributed by atoms with van der Waals surface area (Å²) in [4.78, 5) is 36.3. The molecule has 3 aliphatic rings. The van der Waals surface area contributed by atoms with E-state index in [1.54, 1.807) is 20.8 Å². The zero-order valence-electron chi connectivity index (χ0n) is 18.2. The maximum atomic E-state index is 16.9. The minimum atomic E-state index is -2.62. The van der Waals surface area contributed by atoms with E-state index in [0.717, 1.165) is 6.92 Å². The third-order valence-corrected chi connectivity index (χ3v) is 7.16. The van der Waals surface area contributed by atoms with Gasteiger partial charge in [-0.3, -0.25) is 14.4 Å². The van der Waals surface area contributed by atoms with Crippen LogP contribution in [-0.4, -0.2) is 63.3 Å². The van der Waals surface area contributed by atoms with Crippen molar-refractivity contribution >= 4 is 17.9 Å². The third-order valence-electron chi connectivity index (χ3n) is 7.16. The van der Waals surface area contributed by atoms with E-state index in [-0.39, 0.29) is 12.8 Å². The van der Waals surface area contributed by atoms with Gasteiger partial charge in [-0.1, -0.05) is 20.8 Å². The lowest BCUT2D eigenvalue weighted by Gasteiger charge is -2.44. The van der Waals surface area contributed by atoms with Gasteiger partial charge in [-0.05, 0) is 20.3 Å². The minimum Gasteiger partial charge on any atom is -0.462 e. The zero-order valence-corrected chi connectivity index (χ0v) is 18.2. The van der Waals surface area contributed by atoms with Crippen LogP contribution in [-0.2, 0) is 28.6 Å². The van der Waals surface area contributed by atoms with E-state index in [1.165, 1.54) is 13.8 Å². The van der Waals surface area contributed by atoms with Gasteiger partial charge in [-0.15, -0.1) is 0 Å². The van der Waals surface area contributed by atoms with Gasteiger partial charge in [0.2, 0.25) is 0 Å². The fraction of sp³-hybridized carbons (Fsp3) is 0.857. The van der Waals surface area contributed by atoms with Crippen molar-refractivity contribution in [2.75, 3.05) is 0 Å². The van der Waals surface area contributed by atoms with Gasteiger partial charge in [0.05, 0.1) is 17.4 Å². The standard InChI is InChI=1S/C21H31FO8/c1-9(2)17(24)29-12-8-19(5,26)13-7-14(28-11(4)23)20(6,27)21(13,22)16-15(12)10(3)18(25)30-16/h9-10,12-16,26-27H,7-8H2,1-6H3/t10-,12+,13-,14-,15+,16-,19+,20+,21-/m0/s1. The molecule has 2 N–H and O–H groups in total. The highest BCUT2D eigenvalue weighted by Gasteiger charge is 2.77. The van der Waals surface area contributed by atoms with Crippen LogP contribution in [0.25, 0.3) is 0 Å². The number of ether oxygens (including phenoxy) is 3. The molecule has 0 aromatic heterocycles. The number of halogens is 1. The molecule has 1 heterocycles. The van der Waals surface area contributed by atoms with Crippen LogP contribution in [0.15, 0.2) is 0 Å². The number of carbonyl (C=O) groups excluding carboxylic acids is 3. The van der Waals surface area contributed by atoms with E-state index >= 15 is 4.39 Å². The highest BCUT2D eigenvalue weighted by atomic mass is 19.1. The summed E-state index contributed by atoms with van der Waals surface area (Å²) in [6.45, 7) is 8.58. The summed E-state index contributed by atoms with van der Waals surface area (Å²) < 4.78 is 33.1. The van der Waals surface area contributed by atoms with Gasteiger partial charge in [0.1, 0.15) is 23.9 Å². The summed E-state index contributed by atoms with van der Waals surface area (Å²) in [6, 6.07) is 0. The average molecular weight is 430 g/mol. The van der Waals surface area contributed by atoms with Crippen LogP contribution in [0.1, 0.15) is 54.4 Å². The summed E-state index contributed by atoms with van der Waals surface area (Å²) in [7, 11) is 0. The number of rotatable bonds is 3. The largest absolute Gasteiger partial charge is 0.462 e. The summed E-state index contributed by atoms with van der Waals surface area (Å²) in [6.07, 6.45) is -4.01. The van der Waals surface area contributed by atoms with Crippen LogP contribution in [0.4, 0.5) is 4.39 Å². The van der Waals surface area contributed by atoms with Crippen LogP contribution in [0.3, 0.4) is 0 Å². The molecule has 2 aliphatic carbocycles. The third kappa shape index (κ3) is 3.21. The monoisotopic (exact) mass is 430 g/mol. The Balaban J connectivity index is 2.12. The van der Waals surface area contributed by atoms with E-state index in [4.69, 9.17) is 14.2 Å². The second-order valence-corrected chi connectivity index (χ2v) is 9.72. The number of esters is 3. The molecule has 2 saturated carbocycles. The molecule has 0 aromatic rings. The quantitative estimate of drug-likeness (QED) is 0.508. The molecule has 0 radical (unpaired) electrons. The Morgan fingerprint density at radius 1 is 1.23 bits per heavy atom. The Bertz CT molecular complexity index is 747. The van der Waals surface area contributed by atoms with Crippen molar-refractivity contribution in [2.45, 2.75) is 89.6 Å². The Morgan fingerprint density at radius 3 is 2.37 bits per heavy atom. The molecule has 1 aliphatic heterocycles. The first kappa shape index (κ1) is 22.9. The lowest BCUT2D eigenvalue weighted by Crippen LogP contribution is -2.63. The average Bonchev–Trinajstić information content (AvgIpc) is 2.98. The molecule has 0 spiro atoms. The summed E-state index contributed by atoms with van der Waals surface area (Å²) >= 11 is 0. The highest BCUT2D eigenvalue weighted by Crippen LogP contribution is 2.61. The van der Waals surface area contributed by atoms with Crippen LogP contribution in [0.2, 0.25) is 0 Å². The molecule has 3 fully saturated rings. The number of hydrogen-bond donors (Lipinski definition) is 2. The van der Waals surface area contributed by atoms with Crippen molar-refractivity contribution in [3.8, 4) is 0 Å². The number of fused-ring (bicyclic) bond motifs is 3. The van der Waals surface area contributed by atoms with E-state index in [2.05, 4.69) is 0 Å². The molecule has 3 rings (SSSR count). The molecule has 8 nitrogen and oxygen atoms in total. The Kier molecular flexibility index (Phi) is 5.47. The first-order chi connectivity index (χ1) is 13.6. The van der Waals surface area contributed by atoms with Gasteiger partial charge < -0.3 is 24.4 Å². The number of hydrogen-bond acceptors (Lipinski definition) is 8. The molecule has 0 bridgehead atoms. The molecule has 1 saturated heterocycles. The van der Waals surface area contributed by atoms with Gasteiger partial charge in [0.25, 0.3) is 0 Å². The maximum absolute atomic E-state index is 16.9. The summed E-state index contributed by atoms with van der Waals surface area (Å²) in [5.74, 6) is -5.31.